The van der Waals surface area contributed by atoms with Crippen LogP contribution in [0.1, 0.15) is 65.0 Å². The fraction of sp³-hybridized carbons (Fsp3) is 0.424. The molecule has 2 atom stereocenters. The molecule has 7 nitrogen and oxygen atoms in total. The highest BCUT2D eigenvalue weighted by atomic mass is 35.5. The number of benzene rings is 3. The molecule has 1 aliphatic rings. The lowest BCUT2D eigenvalue weighted by Gasteiger charge is -2.48. The van der Waals surface area contributed by atoms with Crippen molar-refractivity contribution >= 4 is 28.9 Å². The van der Waals surface area contributed by atoms with E-state index < -0.39 is 34.2 Å². The van der Waals surface area contributed by atoms with Gasteiger partial charge >= 0.3 is 6.09 Å². The topological polar surface area (TPSA) is 89.1 Å². The molecule has 42 heavy (non-hydrogen) atoms. The molecule has 1 fully saturated rings. The average molecular weight is 614 g/mol. The number of nitrogens with one attached hydrogen (secondary N) is 1. The first-order valence-corrected chi connectivity index (χ1v) is 15.6. The van der Waals surface area contributed by atoms with Crippen molar-refractivity contribution in [1.82, 2.24) is 5.32 Å². The molecule has 0 saturated carbocycles. The highest BCUT2D eigenvalue weighted by Crippen LogP contribution is 2.41. The monoisotopic (exact) mass is 613 g/mol. The number of rotatable bonds is 9. The van der Waals surface area contributed by atoms with Gasteiger partial charge in [0.2, 0.25) is 0 Å². The fourth-order valence-corrected chi connectivity index (χ4v) is 6.42. The molecule has 2 unspecified atom stereocenters. The molecule has 0 aromatic heterocycles. The second kappa shape index (κ2) is 13.3. The van der Waals surface area contributed by atoms with Gasteiger partial charge in [0, 0.05) is 34.2 Å². The first kappa shape index (κ1) is 32.2. The number of hydrogen-bond donors (Lipinski definition) is 1. The van der Waals surface area contributed by atoms with E-state index >= 15 is 0 Å². The van der Waals surface area contributed by atoms with Crippen LogP contribution in [0.5, 0.6) is 5.75 Å². The first-order chi connectivity index (χ1) is 19.8. The van der Waals surface area contributed by atoms with E-state index in [2.05, 4.69) is 5.32 Å². The number of hydrogen-bond acceptors (Lipinski definition) is 6. The molecule has 4 rings (SSSR count). The number of halogens is 1. The van der Waals surface area contributed by atoms with Gasteiger partial charge in [0.25, 0.3) is 0 Å². The van der Waals surface area contributed by atoms with Crippen LogP contribution >= 0.6 is 11.6 Å². The normalized spacial score (nSPS) is 17.6. The third-order valence-electron chi connectivity index (χ3n) is 7.01. The van der Waals surface area contributed by atoms with E-state index in [4.69, 9.17) is 30.5 Å². The average Bonchev–Trinajstić information content (AvgIpc) is 2.94. The summed E-state index contributed by atoms with van der Waals surface area (Å²) in [7, 11) is 0. The van der Waals surface area contributed by atoms with Gasteiger partial charge in [-0.15, -0.1) is 0 Å². The second-order valence-corrected chi connectivity index (χ2v) is 13.8. The fourth-order valence-electron chi connectivity index (χ4n) is 4.93. The van der Waals surface area contributed by atoms with Crippen molar-refractivity contribution in [3.8, 4) is 5.75 Å². The second-order valence-electron chi connectivity index (χ2n) is 11.9. The van der Waals surface area contributed by atoms with E-state index in [0.29, 0.717) is 33.6 Å². The minimum Gasteiger partial charge on any atom is -0.606 e. The highest BCUT2D eigenvalue weighted by Gasteiger charge is 2.48. The van der Waals surface area contributed by atoms with Gasteiger partial charge in [0.05, 0.1) is 18.8 Å². The summed E-state index contributed by atoms with van der Waals surface area (Å²) >= 11 is 5.39. The predicted octanol–water partition coefficient (Wildman–Crippen LogP) is 7.63. The molecule has 0 bridgehead atoms. The summed E-state index contributed by atoms with van der Waals surface area (Å²) < 4.78 is 37.2. The molecule has 0 spiro atoms. The number of alkyl carbamates (subject to hydrolysis) is 1. The van der Waals surface area contributed by atoms with Crippen molar-refractivity contribution in [2.75, 3.05) is 13.2 Å². The standard InChI is InChI=1S/C33H40ClNO6S/c1-7-28(33(21-39-32(5,6)40-22-33)35-30(36)41-31(2,3)4)27-17-16-26(19-29(27)34)42(37)25-15-11-14-24(18-25)38-20-23-12-9-8-10-13-23/h8-19,28H,7,20-22H2,1-6H3,(H,35,36). The van der Waals surface area contributed by atoms with E-state index in [1.807, 2.05) is 96.1 Å². The Bertz CT molecular complexity index is 1350. The summed E-state index contributed by atoms with van der Waals surface area (Å²) in [6.07, 6.45) is 0.0717. The van der Waals surface area contributed by atoms with Gasteiger partial charge in [-0.3, -0.25) is 0 Å². The van der Waals surface area contributed by atoms with E-state index in [-0.39, 0.29) is 19.1 Å². The lowest BCUT2D eigenvalue weighted by atomic mass is 9.77. The molecule has 1 saturated heterocycles. The number of carbonyl (C=O) groups is 1. The SMILES string of the molecule is CCC(c1ccc([S+]([O-])c2cccc(OCc3ccccc3)c2)cc1Cl)C1(NC(=O)OC(C)(C)C)COC(C)(C)OC1. The van der Waals surface area contributed by atoms with Crippen LogP contribution in [0.3, 0.4) is 0 Å². The summed E-state index contributed by atoms with van der Waals surface area (Å²) in [5.41, 5.74) is 0.244. The zero-order valence-electron chi connectivity index (χ0n) is 25.1. The van der Waals surface area contributed by atoms with Crippen LogP contribution in [-0.4, -0.2) is 40.8 Å². The zero-order chi connectivity index (χ0) is 30.5. The van der Waals surface area contributed by atoms with Gasteiger partial charge in [-0.2, -0.15) is 0 Å². The maximum absolute atomic E-state index is 13.6. The molecule has 226 valence electrons. The van der Waals surface area contributed by atoms with Gasteiger partial charge in [0.1, 0.15) is 18.0 Å². The van der Waals surface area contributed by atoms with Crippen LogP contribution in [-0.2, 0) is 32.0 Å². The maximum Gasteiger partial charge on any atom is 0.408 e. The Balaban J connectivity index is 1.56. The number of ether oxygens (including phenoxy) is 4. The number of carbonyl (C=O) groups excluding carboxylic acids is 1. The van der Waals surface area contributed by atoms with Gasteiger partial charge in [-0.25, -0.2) is 4.79 Å². The quantitative estimate of drug-likeness (QED) is 0.250. The third-order valence-corrected chi connectivity index (χ3v) is 8.70. The van der Waals surface area contributed by atoms with Crippen LogP contribution in [0, 0.1) is 0 Å². The summed E-state index contributed by atoms with van der Waals surface area (Å²) in [6.45, 7) is 12.0. The van der Waals surface area contributed by atoms with Crippen molar-refractivity contribution in [1.29, 1.82) is 0 Å². The summed E-state index contributed by atoms with van der Waals surface area (Å²) in [5, 5.41) is 3.50. The van der Waals surface area contributed by atoms with Crippen LogP contribution < -0.4 is 10.1 Å². The Morgan fingerprint density at radius 1 is 1.02 bits per heavy atom. The molecule has 0 aliphatic carbocycles. The van der Waals surface area contributed by atoms with Gasteiger partial charge < -0.3 is 28.8 Å². The zero-order valence-corrected chi connectivity index (χ0v) is 26.6. The lowest BCUT2D eigenvalue weighted by molar-refractivity contribution is -0.273. The Labute approximate surface area is 257 Å². The van der Waals surface area contributed by atoms with Crippen LogP contribution in [0.25, 0.3) is 0 Å². The third kappa shape index (κ3) is 8.20. The minimum absolute atomic E-state index is 0.206. The van der Waals surface area contributed by atoms with Crippen molar-refractivity contribution < 1.29 is 28.3 Å². The predicted molar refractivity (Wildman–Crippen MR) is 164 cm³/mol. The molecule has 0 radical (unpaired) electrons. The van der Waals surface area contributed by atoms with Gasteiger partial charge in [0.15, 0.2) is 15.6 Å². The lowest BCUT2D eigenvalue weighted by Crippen LogP contribution is -2.64. The van der Waals surface area contributed by atoms with Crippen molar-refractivity contribution in [3.05, 3.63) is 88.9 Å². The Hall–Kier alpha value is -2.75. The van der Waals surface area contributed by atoms with Gasteiger partial charge in [-0.05, 0) is 70.4 Å². The van der Waals surface area contributed by atoms with Gasteiger partial charge in [-0.1, -0.05) is 61.0 Å². The van der Waals surface area contributed by atoms with E-state index in [0.717, 1.165) is 11.1 Å². The molecule has 3 aromatic carbocycles. The largest absolute Gasteiger partial charge is 0.606 e. The molecule has 9 heteroatoms. The molecule has 1 aliphatic heterocycles. The van der Waals surface area contributed by atoms with Crippen LogP contribution in [0.15, 0.2) is 82.6 Å². The van der Waals surface area contributed by atoms with Crippen LogP contribution in [0.4, 0.5) is 4.79 Å². The highest BCUT2D eigenvalue weighted by molar-refractivity contribution is 7.91. The maximum atomic E-state index is 13.6. The Kier molecular flexibility index (Phi) is 10.2. The summed E-state index contributed by atoms with van der Waals surface area (Å²) in [6, 6.07) is 22.6. The van der Waals surface area contributed by atoms with E-state index in [9.17, 15) is 9.35 Å². The van der Waals surface area contributed by atoms with Crippen molar-refractivity contribution in [2.45, 2.75) is 87.2 Å². The molecule has 1 amide bonds. The Morgan fingerprint density at radius 2 is 1.69 bits per heavy atom. The molecule has 1 N–H and O–H groups in total. The molecular weight excluding hydrogens is 574 g/mol. The molecule has 1 heterocycles. The minimum atomic E-state index is -1.49. The number of amides is 1. The Morgan fingerprint density at radius 3 is 2.31 bits per heavy atom. The van der Waals surface area contributed by atoms with E-state index in [1.54, 1.807) is 18.2 Å². The summed E-state index contributed by atoms with van der Waals surface area (Å²) in [5.74, 6) is -0.430. The van der Waals surface area contributed by atoms with E-state index in [1.165, 1.54) is 0 Å². The van der Waals surface area contributed by atoms with Crippen molar-refractivity contribution in [3.63, 3.8) is 0 Å². The van der Waals surface area contributed by atoms with Crippen molar-refractivity contribution in [2.24, 2.45) is 0 Å². The van der Waals surface area contributed by atoms with Crippen LogP contribution in [0.2, 0.25) is 5.02 Å². The first-order valence-electron chi connectivity index (χ1n) is 14.1. The molecule has 3 aromatic rings. The smallest absolute Gasteiger partial charge is 0.408 e. The summed E-state index contributed by atoms with van der Waals surface area (Å²) in [4.78, 5) is 14.1. The molecular formula is C33H40ClNO6S.